The number of rotatable bonds is 4. The van der Waals surface area contributed by atoms with E-state index in [2.05, 4.69) is 4.90 Å². The minimum absolute atomic E-state index is 0.806. The molecule has 2 nitrogen and oxygen atoms in total. The van der Waals surface area contributed by atoms with Crippen molar-refractivity contribution < 1.29 is 0 Å². The molecule has 0 radical (unpaired) electrons. The Balaban J connectivity index is 1.80. The summed E-state index contributed by atoms with van der Waals surface area (Å²) < 4.78 is 0. The van der Waals surface area contributed by atoms with E-state index in [1.807, 2.05) is 0 Å². The van der Waals surface area contributed by atoms with Crippen LogP contribution in [0.1, 0.15) is 57.8 Å². The Morgan fingerprint density at radius 2 is 1.69 bits per heavy atom. The van der Waals surface area contributed by atoms with E-state index in [-0.39, 0.29) is 0 Å². The lowest BCUT2D eigenvalue weighted by Crippen LogP contribution is -2.43. The monoisotopic (exact) mass is 224 g/mol. The summed E-state index contributed by atoms with van der Waals surface area (Å²) >= 11 is 0. The zero-order valence-electron chi connectivity index (χ0n) is 10.7. The Morgan fingerprint density at radius 3 is 2.44 bits per heavy atom. The molecule has 1 aliphatic carbocycles. The van der Waals surface area contributed by atoms with Crippen LogP contribution in [0.25, 0.3) is 0 Å². The molecular weight excluding hydrogens is 196 g/mol. The highest BCUT2D eigenvalue weighted by Crippen LogP contribution is 2.27. The molecule has 2 aliphatic rings. The molecule has 16 heavy (non-hydrogen) atoms. The summed E-state index contributed by atoms with van der Waals surface area (Å²) in [7, 11) is 0. The molecule has 0 aromatic rings. The molecule has 1 atom stereocenters. The van der Waals surface area contributed by atoms with Gasteiger partial charge in [0.05, 0.1) is 0 Å². The molecule has 0 spiro atoms. The summed E-state index contributed by atoms with van der Waals surface area (Å²) in [5.41, 5.74) is 5.73. The van der Waals surface area contributed by atoms with Gasteiger partial charge in [0.25, 0.3) is 0 Å². The molecule has 0 amide bonds. The zero-order valence-corrected chi connectivity index (χ0v) is 10.7. The molecule has 1 aliphatic heterocycles. The van der Waals surface area contributed by atoms with Crippen molar-refractivity contribution in [3.8, 4) is 0 Å². The number of likely N-dealkylation sites (tertiary alicyclic amines) is 1. The van der Waals surface area contributed by atoms with Crippen LogP contribution in [0.5, 0.6) is 0 Å². The van der Waals surface area contributed by atoms with E-state index in [1.165, 1.54) is 70.9 Å². The summed E-state index contributed by atoms with van der Waals surface area (Å²) in [6.07, 6.45) is 12.8. The summed E-state index contributed by atoms with van der Waals surface area (Å²) in [5.74, 6) is 0.993. The number of hydrogen-bond acceptors (Lipinski definition) is 2. The van der Waals surface area contributed by atoms with Crippen LogP contribution in [0, 0.1) is 5.92 Å². The molecule has 1 heterocycles. The van der Waals surface area contributed by atoms with Crippen molar-refractivity contribution >= 4 is 0 Å². The number of piperidine rings is 1. The Hall–Kier alpha value is -0.0800. The van der Waals surface area contributed by atoms with E-state index in [0.717, 1.165) is 18.5 Å². The minimum atomic E-state index is 0.806. The lowest BCUT2D eigenvalue weighted by molar-refractivity contribution is 0.108. The van der Waals surface area contributed by atoms with E-state index in [1.54, 1.807) is 0 Å². The topological polar surface area (TPSA) is 29.3 Å². The second-order valence-corrected chi connectivity index (χ2v) is 5.73. The lowest BCUT2D eigenvalue weighted by Gasteiger charge is -2.38. The highest BCUT2D eigenvalue weighted by atomic mass is 15.2. The first-order valence-electron chi connectivity index (χ1n) is 7.34. The molecule has 1 saturated heterocycles. The number of nitrogens with zero attached hydrogens (tertiary/aromatic N) is 1. The maximum absolute atomic E-state index is 5.73. The first-order valence-corrected chi connectivity index (χ1v) is 7.34. The molecule has 2 rings (SSSR count). The average molecular weight is 224 g/mol. The smallest absolute Gasteiger partial charge is 0.0107 e. The number of nitrogens with two attached hydrogens (primary N) is 1. The van der Waals surface area contributed by atoms with Crippen LogP contribution in [0.15, 0.2) is 0 Å². The summed E-state index contributed by atoms with van der Waals surface area (Å²) in [6, 6.07) is 0.806. The third-order valence-corrected chi connectivity index (χ3v) is 4.47. The predicted octanol–water partition coefficient (Wildman–Crippen LogP) is 2.77. The van der Waals surface area contributed by atoms with E-state index >= 15 is 0 Å². The Morgan fingerprint density at radius 1 is 0.938 bits per heavy atom. The summed E-state index contributed by atoms with van der Waals surface area (Å²) in [4.78, 5) is 2.76. The molecule has 0 aromatic heterocycles. The van der Waals surface area contributed by atoms with Gasteiger partial charge in [-0.3, -0.25) is 0 Å². The van der Waals surface area contributed by atoms with Crippen molar-refractivity contribution in [2.45, 2.75) is 63.8 Å². The highest BCUT2D eigenvalue weighted by Gasteiger charge is 2.24. The third kappa shape index (κ3) is 3.46. The van der Waals surface area contributed by atoms with Crippen LogP contribution >= 0.6 is 0 Å². The first kappa shape index (κ1) is 12.4. The zero-order chi connectivity index (χ0) is 11.2. The van der Waals surface area contributed by atoms with Crippen LogP contribution in [-0.2, 0) is 0 Å². The van der Waals surface area contributed by atoms with Gasteiger partial charge < -0.3 is 10.6 Å². The quantitative estimate of drug-likeness (QED) is 0.795. The number of hydrogen-bond donors (Lipinski definition) is 1. The molecule has 2 fully saturated rings. The molecule has 1 saturated carbocycles. The lowest BCUT2D eigenvalue weighted by atomic mass is 9.87. The third-order valence-electron chi connectivity index (χ3n) is 4.47. The van der Waals surface area contributed by atoms with Gasteiger partial charge in [-0.1, -0.05) is 25.7 Å². The largest absolute Gasteiger partial charge is 0.330 e. The summed E-state index contributed by atoms with van der Waals surface area (Å²) in [6.45, 7) is 3.57. The first-order chi connectivity index (χ1) is 7.90. The van der Waals surface area contributed by atoms with E-state index in [9.17, 15) is 0 Å². The van der Waals surface area contributed by atoms with E-state index < -0.39 is 0 Å². The van der Waals surface area contributed by atoms with Gasteiger partial charge in [0.1, 0.15) is 0 Å². The van der Waals surface area contributed by atoms with Crippen molar-refractivity contribution in [3.05, 3.63) is 0 Å². The Labute approximate surface area is 101 Å². The van der Waals surface area contributed by atoms with Crippen LogP contribution in [-0.4, -0.2) is 30.6 Å². The van der Waals surface area contributed by atoms with E-state index in [0.29, 0.717) is 0 Å². The Bertz CT molecular complexity index is 185. The molecule has 0 bridgehead atoms. The fraction of sp³-hybridized carbons (Fsp3) is 1.00. The maximum Gasteiger partial charge on any atom is 0.0107 e. The van der Waals surface area contributed by atoms with Crippen molar-refractivity contribution in [2.24, 2.45) is 11.7 Å². The predicted molar refractivity (Wildman–Crippen MR) is 69.5 cm³/mol. The Kier molecular flexibility index (Phi) is 5.11. The fourth-order valence-electron chi connectivity index (χ4n) is 3.52. The van der Waals surface area contributed by atoms with Gasteiger partial charge >= 0.3 is 0 Å². The van der Waals surface area contributed by atoms with E-state index in [4.69, 9.17) is 5.73 Å². The van der Waals surface area contributed by atoms with Crippen LogP contribution in [0.3, 0.4) is 0 Å². The van der Waals surface area contributed by atoms with Gasteiger partial charge in [-0.15, -0.1) is 0 Å². The van der Waals surface area contributed by atoms with Gasteiger partial charge in [-0.2, -0.15) is 0 Å². The minimum Gasteiger partial charge on any atom is -0.330 e. The summed E-state index contributed by atoms with van der Waals surface area (Å²) in [5, 5.41) is 0. The van der Waals surface area contributed by atoms with Crippen molar-refractivity contribution in [2.75, 3.05) is 19.6 Å². The van der Waals surface area contributed by atoms with Crippen molar-refractivity contribution in [3.63, 3.8) is 0 Å². The SMILES string of the molecule is NCCC1CCCCN1CC1CCCCC1. The highest BCUT2D eigenvalue weighted by molar-refractivity contribution is 4.80. The van der Waals surface area contributed by atoms with Crippen LogP contribution in [0.4, 0.5) is 0 Å². The molecule has 2 N–H and O–H groups in total. The van der Waals surface area contributed by atoms with Crippen molar-refractivity contribution in [1.29, 1.82) is 0 Å². The molecule has 0 aromatic carbocycles. The van der Waals surface area contributed by atoms with Crippen LogP contribution < -0.4 is 5.73 Å². The second-order valence-electron chi connectivity index (χ2n) is 5.73. The molecular formula is C14H28N2. The molecule has 94 valence electrons. The average Bonchev–Trinajstić information content (AvgIpc) is 2.33. The van der Waals surface area contributed by atoms with Gasteiger partial charge in [-0.05, 0) is 51.1 Å². The molecule has 1 unspecified atom stereocenters. The second kappa shape index (κ2) is 6.61. The fourth-order valence-corrected chi connectivity index (χ4v) is 3.52. The maximum atomic E-state index is 5.73. The van der Waals surface area contributed by atoms with Gasteiger partial charge in [0.15, 0.2) is 0 Å². The van der Waals surface area contributed by atoms with Gasteiger partial charge in [0.2, 0.25) is 0 Å². The van der Waals surface area contributed by atoms with Crippen molar-refractivity contribution in [1.82, 2.24) is 4.90 Å². The normalized spacial score (nSPS) is 29.4. The molecule has 2 heteroatoms. The van der Waals surface area contributed by atoms with Gasteiger partial charge in [-0.25, -0.2) is 0 Å². The van der Waals surface area contributed by atoms with Crippen LogP contribution in [0.2, 0.25) is 0 Å². The standard InChI is InChI=1S/C14H28N2/c15-10-9-14-8-4-5-11-16(14)12-13-6-2-1-3-7-13/h13-14H,1-12,15H2. The van der Waals surface area contributed by atoms with Gasteiger partial charge in [0, 0.05) is 12.6 Å².